The van der Waals surface area contributed by atoms with E-state index in [1.807, 2.05) is 32.0 Å². The van der Waals surface area contributed by atoms with Crippen molar-refractivity contribution < 1.29 is 23.8 Å². The van der Waals surface area contributed by atoms with Crippen LogP contribution in [0.25, 0.3) is 0 Å². The number of nitrogens with one attached hydrogen (secondary N) is 1. The summed E-state index contributed by atoms with van der Waals surface area (Å²) in [5, 5.41) is 3.07. The van der Waals surface area contributed by atoms with E-state index in [-0.39, 0.29) is 6.61 Å². The highest BCUT2D eigenvalue weighted by Crippen LogP contribution is 2.27. The minimum atomic E-state index is -1.01. The van der Waals surface area contributed by atoms with Gasteiger partial charge in [0.05, 0.1) is 12.8 Å². The molecular weight excluding hydrogens is 370 g/mol. The van der Waals surface area contributed by atoms with Crippen LogP contribution in [0.15, 0.2) is 36.4 Å². The van der Waals surface area contributed by atoms with Gasteiger partial charge in [-0.3, -0.25) is 4.79 Å². The van der Waals surface area contributed by atoms with Crippen LogP contribution in [-0.2, 0) is 14.3 Å². The van der Waals surface area contributed by atoms with Gasteiger partial charge in [-0.05, 0) is 56.2 Å². The molecule has 0 saturated heterocycles. The molecule has 6 nitrogen and oxygen atoms in total. The van der Waals surface area contributed by atoms with Crippen LogP contribution in [0.1, 0.15) is 18.1 Å². The van der Waals surface area contributed by atoms with Crippen molar-refractivity contribution >= 4 is 29.2 Å². The van der Waals surface area contributed by atoms with Crippen molar-refractivity contribution in [2.24, 2.45) is 0 Å². The molecule has 2 aromatic carbocycles. The van der Waals surface area contributed by atoms with Gasteiger partial charge in [-0.25, -0.2) is 4.79 Å². The normalized spacial score (nSPS) is 11.4. The Balaban J connectivity index is 1.91. The number of carbonyl (C=O) groups is 2. The first kappa shape index (κ1) is 20.6. The maximum absolute atomic E-state index is 12.3. The van der Waals surface area contributed by atoms with Crippen molar-refractivity contribution in [2.45, 2.75) is 26.9 Å². The molecule has 0 fully saturated rings. The van der Waals surface area contributed by atoms with Gasteiger partial charge in [0.1, 0.15) is 11.5 Å². The Morgan fingerprint density at radius 1 is 1.11 bits per heavy atom. The van der Waals surface area contributed by atoms with Crippen LogP contribution < -0.4 is 14.8 Å². The molecule has 7 heteroatoms. The molecule has 1 N–H and O–H groups in total. The average molecular weight is 392 g/mol. The highest BCUT2D eigenvalue weighted by molar-refractivity contribution is 6.31. The fourth-order valence-corrected chi connectivity index (χ4v) is 2.47. The number of methoxy groups -OCH3 is 1. The summed E-state index contributed by atoms with van der Waals surface area (Å²) < 4.78 is 15.8. The molecule has 0 aromatic heterocycles. The van der Waals surface area contributed by atoms with Crippen molar-refractivity contribution in [3.05, 3.63) is 52.5 Å². The molecule has 0 aliphatic heterocycles. The van der Waals surface area contributed by atoms with E-state index in [1.165, 1.54) is 14.0 Å². The van der Waals surface area contributed by atoms with Crippen LogP contribution in [0.5, 0.6) is 11.5 Å². The number of anilines is 1. The minimum Gasteiger partial charge on any atom is -0.495 e. The Bertz CT molecular complexity index is 837. The number of hydrogen-bond donors (Lipinski definition) is 1. The monoisotopic (exact) mass is 391 g/mol. The van der Waals surface area contributed by atoms with E-state index in [0.717, 1.165) is 11.1 Å². The Kier molecular flexibility index (Phi) is 7.07. The summed E-state index contributed by atoms with van der Waals surface area (Å²) in [4.78, 5) is 24.3. The quantitative estimate of drug-likeness (QED) is 0.724. The zero-order valence-electron chi connectivity index (χ0n) is 15.7. The Morgan fingerprint density at radius 2 is 1.85 bits per heavy atom. The second-order valence-corrected chi connectivity index (χ2v) is 6.46. The molecule has 0 aliphatic rings. The molecule has 0 bridgehead atoms. The van der Waals surface area contributed by atoms with Crippen LogP contribution in [0.4, 0.5) is 5.69 Å². The number of rotatable bonds is 7. The zero-order valence-corrected chi connectivity index (χ0v) is 16.4. The van der Waals surface area contributed by atoms with Gasteiger partial charge in [-0.2, -0.15) is 0 Å². The minimum absolute atomic E-state index is 0.289. The van der Waals surface area contributed by atoms with E-state index >= 15 is 0 Å². The van der Waals surface area contributed by atoms with Gasteiger partial charge >= 0.3 is 5.97 Å². The molecule has 0 spiro atoms. The van der Waals surface area contributed by atoms with Gasteiger partial charge in [0, 0.05) is 5.02 Å². The van der Waals surface area contributed by atoms with Crippen LogP contribution in [0.2, 0.25) is 5.02 Å². The van der Waals surface area contributed by atoms with Crippen molar-refractivity contribution in [1.82, 2.24) is 0 Å². The topological polar surface area (TPSA) is 73.9 Å². The van der Waals surface area contributed by atoms with Gasteiger partial charge in [0.15, 0.2) is 12.7 Å². The van der Waals surface area contributed by atoms with Crippen molar-refractivity contribution in [2.75, 3.05) is 19.0 Å². The molecule has 1 atom stereocenters. The molecule has 0 radical (unpaired) electrons. The molecule has 0 saturated carbocycles. The lowest BCUT2D eigenvalue weighted by molar-refractivity contribution is -0.155. The second kappa shape index (κ2) is 9.28. The average Bonchev–Trinajstić information content (AvgIpc) is 2.62. The molecule has 2 aromatic rings. The summed E-state index contributed by atoms with van der Waals surface area (Å²) >= 11 is 5.94. The zero-order chi connectivity index (χ0) is 20.0. The van der Waals surface area contributed by atoms with Crippen LogP contribution in [0, 0.1) is 13.8 Å². The summed E-state index contributed by atoms with van der Waals surface area (Å²) in [7, 11) is 1.48. The molecule has 144 valence electrons. The standard InChI is InChI=1S/C20H22ClNO5/c1-12-5-6-13(2)18(9-12)26-11-19(23)27-14(3)20(24)22-16-10-15(21)7-8-17(16)25-4/h5-10,14H,11H2,1-4H3,(H,22,24)/t14-/m1/s1. The second-order valence-electron chi connectivity index (χ2n) is 6.02. The first-order valence-corrected chi connectivity index (χ1v) is 8.72. The van der Waals surface area contributed by atoms with Crippen LogP contribution >= 0.6 is 11.6 Å². The molecule has 1 amide bonds. The van der Waals surface area contributed by atoms with Gasteiger partial charge in [-0.15, -0.1) is 0 Å². The van der Waals surface area contributed by atoms with E-state index in [1.54, 1.807) is 18.2 Å². The van der Waals surface area contributed by atoms with Crippen LogP contribution in [-0.4, -0.2) is 31.7 Å². The molecule has 0 heterocycles. The van der Waals surface area contributed by atoms with Gasteiger partial charge in [0.2, 0.25) is 0 Å². The SMILES string of the molecule is COc1ccc(Cl)cc1NC(=O)[C@@H](C)OC(=O)COc1cc(C)ccc1C. The van der Waals surface area contributed by atoms with E-state index < -0.39 is 18.0 Å². The third-order valence-corrected chi connectivity index (χ3v) is 4.02. The van der Waals surface area contributed by atoms with E-state index in [9.17, 15) is 9.59 Å². The highest BCUT2D eigenvalue weighted by atomic mass is 35.5. The highest BCUT2D eigenvalue weighted by Gasteiger charge is 2.20. The molecular formula is C20H22ClNO5. The maximum Gasteiger partial charge on any atom is 0.344 e. The fourth-order valence-electron chi connectivity index (χ4n) is 2.30. The predicted molar refractivity (Wildman–Crippen MR) is 104 cm³/mol. The Hall–Kier alpha value is -2.73. The van der Waals surface area contributed by atoms with Gasteiger partial charge in [-0.1, -0.05) is 23.7 Å². The summed E-state index contributed by atoms with van der Waals surface area (Å²) in [5.41, 5.74) is 2.32. The fraction of sp³-hybridized carbons (Fsp3) is 0.300. The number of hydrogen-bond acceptors (Lipinski definition) is 5. The van der Waals surface area contributed by atoms with Gasteiger partial charge in [0.25, 0.3) is 5.91 Å². The first-order chi connectivity index (χ1) is 12.8. The lowest BCUT2D eigenvalue weighted by Crippen LogP contribution is -2.31. The summed E-state index contributed by atoms with van der Waals surface area (Å²) in [6.07, 6.45) is -1.01. The number of halogens is 1. The van der Waals surface area contributed by atoms with Crippen molar-refractivity contribution in [3.8, 4) is 11.5 Å². The third kappa shape index (κ3) is 5.89. The number of esters is 1. The summed E-state index contributed by atoms with van der Waals surface area (Å²) in [6.45, 7) is 5.00. The lowest BCUT2D eigenvalue weighted by atomic mass is 10.1. The maximum atomic E-state index is 12.3. The smallest absolute Gasteiger partial charge is 0.344 e. The van der Waals surface area contributed by atoms with E-state index in [2.05, 4.69) is 5.32 Å². The predicted octanol–water partition coefficient (Wildman–Crippen LogP) is 3.91. The lowest BCUT2D eigenvalue weighted by Gasteiger charge is -2.16. The number of benzene rings is 2. The van der Waals surface area contributed by atoms with Crippen molar-refractivity contribution in [1.29, 1.82) is 0 Å². The molecule has 0 unspecified atom stereocenters. The molecule has 27 heavy (non-hydrogen) atoms. The van der Waals surface area contributed by atoms with Crippen molar-refractivity contribution in [3.63, 3.8) is 0 Å². The van der Waals surface area contributed by atoms with Gasteiger partial charge < -0.3 is 19.5 Å². The number of aryl methyl sites for hydroxylation is 2. The number of amides is 1. The Labute approximate surface area is 163 Å². The molecule has 0 aliphatic carbocycles. The first-order valence-electron chi connectivity index (χ1n) is 8.34. The Morgan fingerprint density at radius 3 is 2.56 bits per heavy atom. The summed E-state index contributed by atoms with van der Waals surface area (Å²) in [5.74, 6) is -0.0930. The summed E-state index contributed by atoms with van der Waals surface area (Å²) in [6, 6.07) is 10.5. The molecule has 2 rings (SSSR count). The number of ether oxygens (including phenoxy) is 3. The van der Waals surface area contributed by atoms with Crippen LogP contribution in [0.3, 0.4) is 0 Å². The van der Waals surface area contributed by atoms with E-state index in [0.29, 0.717) is 22.2 Å². The van der Waals surface area contributed by atoms with E-state index in [4.69, 9.17) is 25.8 Å². The third-order valence-electron chi connectivity index (χ3n) is 3.79. The largest absolute Gasteiger partial charge is 0.495 e. The number of carbonyl (C=O) groups excluding carboxylic acids is 2.